The average Bonchev–Trinajstić information content (AvgIpc) is 2.49. The van der Waals surface area contributed by atoms with Gasteiger partial charge in [0.25, 0.3) is 5.91 Å². The van der Waals surface area contributed by atoms with Crippen LogP contribution in [-0.4, -0.2) is 5.91 Å². The lowest BCUT2D eigenvalue weighted by atomic mass is 10.0. The van der Waals surface area contributed by atoms with E-state index in [1.165, 1.54) is 0 Å². The smallest absolute Gasteiger partial charge is 0.256 e. The van der Waals surface area contributed by atoms with Crippen molar-refractivity contribution in [3.05, 3.63) is 74.8 Å². The Morgan fingerprint density at radius 1 is 1.00 bits per heavy atom. The maximum absolute atomic E-state index is 12.5. The molecule has 0 atom stereocenters. The first-order chi connectivity index (χ1) is 10.1. The highest BCUT2D eigenvalue weighted by atomic mass is 127. The first-order valence-electron chi connectivity index (χ1n) is 6.39. The van der Waals surface area contributed by atoms with Crippen molar-refractivity contribution in [2.45, 2.75) is 0 Å². The molecule has 0 fully saturated rings. The van der Waals surface area contributed by atoms with Gasteiger partial charge in [-0.3, -0.25) is 4.79 Å². The molecule has 0 radical (unpaired) electrons. The number of rotatable bonds is 2. The predicted molar refractivity (Wildman–Crippen MR) is 96.1 cm³/mol. The Balaban J connectivity index is 1.97. The van der Waals surface area contributed by atoms with Crippen LogP contribution in [0.15, 0.2) is 60.7 Å². The summed E-state index contributed by atoms with van der Waals surface area (Å²) in [6.07, 6.45) is 0. The molecular formula is C17H11ClINO. The van der Waals surface area contributed by atoms with Crippen LogP contribution >= 0.6 is 34.2 Å². The van der Waals surface area contributed by atoms with Crippen LogP contribution in [0.1, 0.15) is 10.4 Å². The molecule has 21 heavy (non-hydrogen) atoms. The van der Waals surface area contributed by atoms with E-state index in [0.717, 1.165) is 14.3 Å². The van der Waals surface area contributed by atoms with E-state index in [4.69, 9.17) is 11.6 Å². The second kappa shape index (κ2) is 6.03. The van der Waals surface area contributed by atoms with E-state index >= 15 is 0 Å². The summed E-state index contributed by atoms with van der Waals surface area (Å²) < 4.78 is 1.03. The molecule has 1 N–H and O–H groups in total. The summed E-state index contributed by atoms with van der Waals surface area (Å²) >= 11 is 8.34. The van der Waals surface area contributed by atoms with Gasteiger partial charge >= 0.3 is 0 Å². The summed E-state index contributed by atoms with van der Waals surface area (Å²) in [6, 6.07) is 19.1. The van der Waals surface area contributed by atoms with Crippen molar-refractivity contribution in [1.82, 2.24) is 0 Å². The predicted octanol–water partition coefficient (Wildman–Crippen LogP) is 5.35. The minimum atomic E-state index is -0.157. The highest BCUT2D eigenvalue weighted by molar-refractivity contribution is 14.1. The standard InChI is InChI=1S/C17H11ClINO/c18-15-10-12(19)8-9-16(15)20-17(21)14-7-3-5-11-4-1-2-6-13(11)14/h1-10H,(H,20,21). The number of hydrogen-bond donors (Lipinski definition) is 1. The van der Waals surface area contributed by atoms with Crippen molar-refractivity contribution >= 4 is 56.6 Å². The summed E-state index contributed by atoms with van der Waals surface area (Å²) in [5, 5.41) is 5.38. The fourth-order valence-corrected chi connectivity index (χ4v) is 3.11. The van der Waals surface area contributed by atoms with Crippen molar-refractivity contribution < 1.29 is 4.79 Å². The zero-order valence-corrected chi connectivity index (χ0v) is 13.9. The number of carbonyl (C=O) groups is 1. The van der Waals surface area contributed by atoms with Crippen molar-refractivity contribution in [2.24, 2.45) is 0 Å². The highest BCUT2D eigenvalue weighted by Crippen LogP contribution is 2.25. The highest BCUT2D eigenvalue weighted by Gasteiger charge is 2.11. The van der Waals surface area contributed by atoms with Crippen LogP contribution in [0.4, 0.5) is 5.69 Å². The molecule has 0 saturated carbocycles. The van der Waals surface area contributed by atoms with Crippen molar-refractivity contribution in [3.63, 3.8) is 0 Å². The van der Waals surface area contributed by atoms with Gasteiger partial charge in [0.2, 0.25) is 0 Å². The Labute approximate surface area is 141 Å². The first-order valence-corrected chi connectivity index (χ1v) is 7.85. The summed E-state index contributed by atoms with van der Waals surface area (Å²) in [4.78, 5) is 12.5. The minimum Gasteiger partial charge on any atom is -0.321 e. The van der Waals surface area contributed by atoms with Crippen LogP contribution in [0.2, 0.25) is 5.02 Å². The maximum atomic E-state index is 12.5. The van der Waals surface area contributed by atoms with Gasteiger partial charge in [0.1, 0.15) is 0 Å². The van der Waals surface area contributed by atoms with Crippen molar-refractivity contribution in [2.75, 3.05) is 5.32 Å². The number of anilines is 1. The topological polar surface area (TPSA) is 29.1 Å². The molecule has 0 aromatic heterocycles. The third kappa shape index (κ3) is 3.04. The Bertz CT molecular complexity index is 827. The zero-order chi connectivity index (χ0) is 14.8. The van der Waals surface area contributed by atoms with Crippen LogP contribution in [-0.2, 0) is 0 Å². The van der Waals surface area contributed by atoms with Gasteiger partial charge in [-0.1, -0.05) is 48.0 Å². The largest absolute Gasteiger partial charge is 0.321 e. The van der Waals surface area contributed by atoms with Crippen LogP contribution < -0.4 is 5.32 Å². The Morgan fingerprint density at radius 2 is 1.76 bits per heavy atom. The molecule has 0 bridgehead atoms. The van der Waals surface area contributed by atoms with E-state index in [9.17, 15) is 4.79 Å². The summed E-state index contributed by atoms with van der Waals surface area (Å²) in [6.45, 7) is 0. The SMILES string of the molecule is O=C(Nc1ccc(I)cc1Cl)c1cccc2ccccc12. The molecule has 104 valence electrons. The second-order valence-corrected chi connectivity index (χ2v) is 6.26. The maximum Gasteiger partial charge on any atom is 0.256 e. The molecule has 0 spiro atoms. The third-order valence-electron chi connectivity index (χ3n) is 3.21. The summed E-state index contributed by atoms with van der Waals surface area (Å²) in [7, 11) is 0. The second-order valence-electron chi connectivity index (χ2n) is 4.61. The fourth-order valence-electron chi connectivity index (χ4n) is 2.20. The molecule has 0 aliphatic carbocycles. The van der Waals surface area contributed by atoms with Crippen LogP contribution in [0, 0.1) is 3.57 Å². The number of carbonyl (C=O) groups excluding carboxylic acids is 1. The summed E-state index contributed by atoms with van der Waals surface area (Å²) in [5.41, 5.74) is 1.26. The van der Waals surface area contributed by atoms with E-state index < -0.39 is 0 Å². The molecular weight excluding hydrogens is 397 g/mol. The zero-order valence-electron chi connectivity index (χ0n) is 10.9. The molecule has 0 unspecified atom stereocenters. The van der Waals surface area contributed by atoms with Gasteiger partial charge in [-0.15, -0.1) is 0 Å². The number of hydrogen-bond acceptors (Lipinski definition) is 1. The van der Waals surface area contributed by atoms with Gasteiger partial charge in [-0.2, -0.15) is 0 Å². The van der Waals surface area contributed by atoms with Gasteiger partial charge in [-0.05, 0) is 57.6 Å². The minimum absolute atomic E-state index is 0.157. The number of nitrogens with one attached hydrogen (secondary N) is 1. The van der Waals surface area contributed by atoms with Crippen molar-refractivity contribution in [3.8, 4) is 0 Å². The Hall–Kier alpha value is -1.59. The van der Waals surface area contributed by atoms with Crippen LogP contribution in [0.3, 0.4) is 0 Å². The lowest BCUT2D eigenvalue weighted by molar-refractivity contribution is 0.102. The third-order valence-corrected chi connectivity index (χ3v) is 4.20. The molecule has 0 aliphatic rings. The van der Waals surface area contributed by atoms with Gasteiger partial charge in [-0.25, -0.2) is 0 Å². The van der Waals surface area contributed by atoms with E-state index in [1.54, 1.807) is 0 Å². The fraction of sp³-hybridized carbons (Fsp3) is 0. The summed E-state index contributed by atoms with van der Waals surface area (Å²) in [5.74, 6) is -0.157. The lowest BCUT2D eigenvalue weighted by Crippen LogP contribution is -2.12. The number of benzene rings is 3. The quantitative estimate of drug-likeness (QED) is 0.570. The van der Waals surface area contributed by atoms with Gasteiger partial charge in [0, 0.05) is 9.13 Å². The molecule has 0 saturated heterocycles. The van der Waals surface area contributed by atoms with E-state index in [-0.39, 0.29) is 5.91 Å². The average molecular weight is 408 g/mol. The molecule has 4 heteroatoms. The van der Waals surface area contributed by atoms with Crippen LogP contribution in [0.25, 0.3) is 10.8 Å². The Morgan fingerprint density at radius 3 is 2.57 bits per heavy atom. The molecule has 2 nitrogen and oxygen atoms in total. The normalized spacial score (nSPS) is 10.6. The van der Waals surface area contributed by atoms with Crippen LogP contribution in [0.5, 0.6) is 0 Å². The molecule has 3 rings (SSSR count). The van der Waals surface area contributed by atoms with Gasteiger partial charge < -0.3 is 5.32 Å². The lowest BCUT2D eigenvalue weighted by Gasteiger charge is -2.09. The molecule has 3 aromatic carbocycles. The van der Waals surface area contributed by atoms with E-state index in [0.29, 0.717) is 16.3 Å². The van der Waals surface area contributed by atoms with Crippen molar-refractivity contribution in [1.29, 1.82) is 0 Å². The first kappa shape index (κ1) is 14.4. The molecule has 0 heterocycles. The van der Waals surface area contributed by atoms with Gasteiger partial charge in [0.05, 0.1) is 10.7 Å². The van der Waals surface area contributed by atoms with E-state index in [2.05, 4.69) is 27.9 Å². The number of amides is 1. The number of fused-ring (bicyclic) bond motifs is 1. The molecule has 0 aliphatic heterocycles. The Kier molecular flexibility index (Phi) is 4.12. The molecule has 3 aromatic rings. The van der Waals surface area contributed by atoms with Gasteiger partial charge in [0.15, 0.2) is 0 Å². The van der Waals surface area contributed by atoms with E-state index in [1.807, 2.05) is 60.7 Å². The monoisotopic (exact) mass is 407 g/mol. The molecule has 1 amide bonds. The number of halogens is 2.